The fourth-order valence-electron chi connectivity index (χ4n) is 2.95. The molecule has 4 nitrogen and oxygen atoms in total. The number of ether oxygens (including phenoxy) is 1. The Bertz CT molecular complexity index is 943. The molecule has 0 aliphatic heterocycles. The number of halogens is 3. The number of aryl methyl sites for hydroxylation is 1. The lowest BCUT2D eigenvalue weighted by Gasteiger charge is -2.14. The molecule has 7 heteroatoms. The molecule has 2 rings (SSSR count). The van der Waals surface area contributed by atoms with Gasteiger partial charge in [-0.25, -0.2) is 9.18 Å². The third-order valence-corrected chi connectivity index (χ3v) is 5.62. The molecule has 0 unspecified atom stereocenters. The molecular formula is C22H21ClFIO4. The van der Waals surface area contributed by atoms with Gasteiger partial charge in [0, 0.05) is 15.6 Å². The molecule has 0 atom stereocenters. The van der Waals surface area contributed by atoms with E-state index < -0.39 is 29.8 Å². The Morgan fingerprint density at radius 2 is 1.83 bits per heavy atom. The number of carbonyl (C=O) groups is 3. The quantitative estimate of drug-likeness (QED) is 0.145. The number of Topliss-reactive ketones (excluding diaryl/α,β-unsaturated/α-hetero) is 2. The van der Waals surface area contributed by atoms with Gasteiger partial charge < -0.3 is 4.74 Å². The van der Waals surface area contributed by atoms with Gasteiger partial charge in [0.15, 0.2) is 5.78 Å². The van der Waals surface area contributed by atoms with Crippen molar-refractivity contribution in [2.24, 2.45) is 0 Å². The first kappa shape index (κ1) is 23.5. The van der Waals surface area contributed by atoms with Crippen LogP contribution < -0.4 is 0 Å². The monoisotopic (exact) mass is 530 g/mol. The van der Waals surface area contributed by atoms with Gasteiger partial charge in [0.25, 0.3) is 0 Å². The molecule has 0 aliphatic carbocycles. The summed E-state index contributed by atoms with van der Waals surface area (Å²) in [7, 11) is 0. The molecule has 0 bridgehead atoms. The predicted octanol–water partition coefficient (Wildman–Crippen LogP) is 5.33. The van der Waals surface area contributed by atoms with Crippen LogP contribution >= 0.6 is 34.2 Å². The van der Waals surface area contributed by atoms with E-state index in [9.17, 15) is 18.8 Å². The summed E-state index contributed by atoms with van der Waals surface area (Å²) in [6.45, 7) is 3.64. The third kappa shape index (κ3) is 6.09. The lowest BCUT2D eigenvalue weighted by Crippen LogP contribution is -2.21. The van der Waals surface area contributed by atoms with Crippen molar-refractivity contribution in [3.05, 3.63) is 67.0 Å². The predicted molar refractivity (Wildman–Crippen MR) is 118 cm³/mol. The Hall–Kier alpha value is -1.80. The summed E-state index contributed by atoms with van der Waals surface area (Å²) in [5, 5.41) is 0.0384. The maximum Gasteiger partial charge on any atom is 0.375 e. The number of ketones is 2. The highest BCUT2D eigenvalue weighted by Crippen LogP contribution is 2.26. The SMILES string of the molecule is CCCc1cc(I)c(Cc2cccc(Cl)c2F)cc1C(=O)CC(=O)C(=O)OCC. The van der Waals surface area contributed by atoms with Gasteiger partial charge in [0.2, 0.25) is 5.78 Å². The number of hydrogen-bond acceptors (Lipinski definition) is 4. The van der Waals surface area contributed by atoms with Crippen molar-refractivity contribution in [1.29, 1.82) is 0 Å². The van der Waals surface area contributed by atoms with Gasteiger partial charge in [-0.1, -0.05) is 37.1 Å². The lowest BCUT2D eigenvalue weighted by molar-refractivity contribution is -0.153. The molecule has 0 aromatic heterocycles. The maximum atomic E-state index is 14.3. The van der Waals surface area contributed by atoms with Gasteiger partial charge in [-0.3, -0.25) is 9.59 Å². The molecular weight excluding hydrogens is 510 g/mol. The van der Waals surface area contributed by atoms with E-state index in [-0.39, 0.29) is 18.1 Å². The highest BCUT2D eigenvalue weighted by Gasteiger charge is 2.23. The summed E-state index contributed by atoms with van der Waals surface area (Å²) in [5.41, 5.74) is 2.34. The van der Waals surface area contributed by atoms with Crippen LogP contribution in [0, 0.1) is 9.39 Å². The molecule has 0 saturated heterocycles. The van der Waals surface area contributed by atoms with Gasteiger partial charge in [-0.15, -0.1) is 0 Å². The second-order valence-corrected chi connectivity index (χ2v) is 8.05. The van der Waals surface area contributed by atoms with E-state index in [0.29, 0.717) is 17.5 Å². The van der Waals surface area contributed by atoms with E-state index in [2.05, 4.69) is 27.3 Å². The lowest BCUT2D eigenvalue weighted by atomic mass is 9.93. The summed E-state index contributed by atoms with van der Waals surface area (Å²) in [6, 6.07) is 8.36. The fraction of sp³-hybridized carbons (Fsp3) is 0.318. The first-order valence-corrected chi connectivity index (χ1v) is 10.7. The molecule has 2 aromatic rings. The van der Waals surface area contributed by atoms with Gasteiger partial charge in [0.05, 0.1) is 18.1 Å². The van der Waals surface area contributed by atoms with Gasteiger partial charge in [0.1, 0.15) is 5.82 Å². The van der Waals surface area contributed by atoms with Gasteiger partial charge in [-0.2, -0.15) is 0 Å². The Morgan fingerprint density at radius 3 is 2.48 bits per heavy atom. The number of rotatable bonds is 9. The highest BCUT2D eigenvalue weighted by atomic mass is 127. The van der Waals surface area contributed by atoms with E-state index in [1.165, 1.54) is 6.07 Å². The average Bonchev–Trinajstić information content (AvgIpc) is 2.67. The van der Waals surface area contributed by atoms with Gasteiger partial charge >= 0.3 is 5.97 Å². The number of benzene rings is 2. The van der Waals surface area contributed by atoms with Crippen molar-refractivity contribution >= 4 is 51.7 Å². The van der Waals surface area contributed by atoms with Crippen LogP contribution in [0.3, 0.4) is 0 Å². The largest absolute Gasteiger partial charge is 0.460 e. The molecule has 0 heterocycles. The number of hydrogen-bond donors (Lipinski definition) is 0. The molecule has 154 valence electrons. The van der Waals surface area contributed by atoms with Crippen LogP contribution in [0.5, 0.6) is 0 Å². The molecule has 0 amide bonds. The summed E-state index contributed by atoms with van der Waals surface area (Å²) < 4.78 is 19.9. The molecule has 0 radical (unpaired) electrons. The van der Waals surface area contributed by atoms with Crippen molar-refractivity contribution < 1.29 is 23.5 Å². The average molecular weight is 531 g/mol. The van der Waals surface area contributed by atoms with Crippen LogP contribution in [0.1, 0.15) is 53.7 Å². The van der Waals surface area contributed by atoms with Crippen molar-refractivity contribution in [2.75, 3.05) is 6.61 Å². The minimum absolute atomic E-state index is 0.0384. The van der Waals surface area contributed by atoms with Gasteiger partial charge in [-0.05, 0) is 70.8 Å². The standard InChI is InChI=1S/C22H21ClFIO4/c1-3-6-13-11-18(25)15(9-14-7-5-8-17(23)21(14)24)10-16(13)19(26)12-20(27)22(28)29-4-2/h5,7-8,10-11H,3-4,6,9,12H2,1-2H3. The van der Waals surface area contributed by atoms with Crippen molar-refractivity contribution in [1.82, 2.24) is 0 Å². The van der Waals surface area contributed by atoms with Crippen molar-refractivity contribution in [2.45, 2.75) is 39.5 Å². The minimum Gasteiger partial charge on any atom is -0.460 e. The third-order valence-electron chi connectivity index (χ3n) is 4.33. The Kier molecular flexibility index (Phi) is 8.77. The summed E-state index contributed by atoms with van der Waals surface area (Å²) >= 11 is 8.02. The van der Waals surface area contributed by atoms with Crippen LogP contribution in [-0.2, 0) is 27.2 Å². The van der Waals surface area contributed by atoms with E-state index >= 15 is 0 Å². The smallest absolute Gasteiger partial charge is 0.375 e. The minimum atomic E-state index is -1.01. The summed E-state index contributed by atoms with van der Waals surface area (Å²) in [4.78, 5) is 36.3. The maximum absolute atomic E-state index is 14.3. The highest BCUT2D eigenvalue weighted by molar-refractivity contribution is 14.1. The molecule has 0 spiro atoms. The van der Waals surface area contributed by atoms with E-state index in [4.69, 9.17) is 11.6 Å². The van der Waals surface area contributed by atoms with Crippen LogP contribution in [-0.4, -0.2) is 24.1 Å². The van der Waals surface area contributed by atoms with E-state index in [1.54, 1.807) is 25.1 Å². The Balaban J connectivity index is 2.38. The zero-order valence-electron chi connectivity index (χ0n) is 16.2. The van der Waals surface area contributed by atoms with E-state index in [0.717, 1.165) is 21.1 Å². The van der Waals surface area contributed by atoms with Crippen LogP contribution in [0.15, 0.2) is 30.3 Å². The Morgan fingerprint density at radius 1 is 1.10 bits per heavy atom. The zero-order chi connectivity index (χ0) is 21.6. The normalized spacial score (nSPS) is 10.7. The molecule has 0 saturated carbocycles. The fourth-order valence-corrected chi connectivity index (χ4v) is 3.86. The second kappa shape index (κ2) is 10.8. The number of esters is 1. The van der Waals surface area contributed by atoms with Crippen LogP contribution in [0.25, 0.3) is 0 Å². The molecule has 0 aliphatic rings. The van der Waals surface area contributed by atoms with Crippen molar-refractivity contribution in [3.8, 4) is 0 Å². The molecule has 0 N–H and O–H groups in total. The second-order valence-electron chi connectivity index (χ2n) is 6.48. The van der Waals surface area contributed by atoms with Crippen LogP contribution in [0.2, 0.25) is 5.02 Å². The first-order chi connectivity index (χ1) is 13.8. The number of carbonyl (C=O) groups excluding carboxylic acids is 3. The topological polar surface area (TPSA) is 60.4 Å². The van der Waals surface area contributed by atoms with Crippen molar-refractivity contribution in [3.63, 3.8) is 0 Å². The summed E-state index contributed by atoms with van der Waals surface area (Å²) in [5.74, 6) is -2.83. The van der Waals surface area contributed by atoms with Crippen LogP contribution in [0.4, 0.5) is 4.39 Å². The first-order valence-electron chi connectivity index (χ1n) is 9.25. The van der Waals surface area contributed by atoms with E-state index in [1.807, 2.05) is 13.0 Å². The zero-order valence-corrected chi connectivity index (χ0v) is 19.1. The summed E-state index contributed by atoms with van der Waals surface area (Å²) in [6.07, 6.45) is 1.16. The Labute approximate surface area is 187 Å². The molecule has 2 aromatic carbocycles. The molecule has 29 heavy (non-hydrogen) atoms. The molecule has 0 fully saturated rings.